The van der Waals surface area contributed by atoms with Crippen LogP contribution in [0.3, 0.4) is 0 Å². The molecule has 78 valence electrons. The van der Waals surface area contributed by atoms with Crippen LogP contribution in [-0.2, 0) is 0 Å². The summed E-state index contributed by atoms with van der Waals surface area (Å²) in [5, 5.41) is 3.32. The largest absolute Gasteiger partial charge is 0.368 e. The van der Waals surface area contributed by atoms with Gasteiger partial charge in [0.2, 0.25) is 0 Å². The van der Waals surface area contributed by atoms with Crippen molar-refractivity contribution in [3.63, 3.8) is 0 Å². The van der Waals surface area contributed by atoms with Gasteiger partial charge in [0.05, 0.1) is 3.57 Å². The van der Waals surface area contributed by atoms with Gasteiger partial charge in [0.15, 0.2) is 0 Å². The van der Waals surface area contributed by atoms with Gasteiger partial charge in [0, 0.05) is 17.5 Å². The topological polar surface area (TPSA) is 37.8 Å². The summed E-state index contributed by atoms with van der Waals surface area (Å²) in [5.41, 5.74) is 0. The minimum atomic E-state index is 0.230. The lowest BCUT2D eigenvalue weighted by Gasteiger charge is -2.22. The normalized spacial score (nSPS) is 11.4. The Kier molecular flexibility index (Phi) is 4.43. The first kappa shape index (κ1) is 12.0. The van der Waals surface area contributed by atoms with Crippen LogP contribution in [0.4, 0.5) is 5.82 Å². The van der Waals surface area contributed by atoms with E-state index in [1.54, 1.807) is 6.33 Å². The van der Waals surface area contributed by atoms with Gasteiger partial charge in [-0.05, 0) is 42.7 Å². The first-order valence-corrected chi connectivity index (χ1v) is 6.60. The van der Waals surface area contributed by atoms with Crippen molar-refractivity contribution in [2.75, 3.05) is 18.1 Å². The van der Waals surface area contributed by atoms with E-state index in [4.69, 9.17) is 0 Å². The SMILES string of the molecule is CSC(C)(C)CNc1ncncc1I. The highest BCUT2D eigenvalue weighted by molar-refractivity contribution is 14.1. The molecule has 1 aromatic heterocycles. The minimum absolute atomic E-state index is 0.230. The van der Waals surface area contributed by atoms with Crippen molar-refractivity contribution < 1.29 is 0 Å². The second-order valence-corrected chi connectivity index (χ2v) is 6.21. The van der Waals surface area contributed by atoms with Gasteiger partial charge < -0.3 is 5.32 Å². The molecule has 0 fully saturated rings. The predicted molar refractivity (Wildman–Crippen MR) is 70.8 cm³/mol. The Hall–Kier alpha value is -0.0400. The predicted octanol–water partition coefficient (Wildman–Crippen LogP) is 2.63. The summed E-state index contributed by atoms with van der Waals surface area (Å²) in [7, 11) is 0. The Balaban J connectivity index is 2.58. The fourth-order valence-corrected chi connectivity index (χ4v) is 1.52. The molecule has 0 aromatic carbocycles. The van der Waals surface area contributed by atoms with Crippen molar-refractivity contribution in [1.82, 2.24) is 9.97 Å². The molecule has 0 aliphatic carbocycles. The van der Waals surface area contributed by atoms with Crippen molar-refractivity contribution >= 4 is 40.2 Å². The number of thioether (sulfide) groups is 1. The maximum absolute atomic E-state index is 4.18. The third-order valence-electron chi connectivity index (χ3n) is 1.90. The lowest BCUT2D eigenvalue weighted by atomic mass is 10.2. The average molecular weight is 323 g/mol. The van der Waals surface area contributed by atoms with E-state index in [2.05, 4.69) is 58.0 Å². The minimum Gasteiger partial charge on any atom is -0.368 e. The lowest BCUT2D eigenvalue weighted by molar-refractivity contribution is 0.749. The van der Waals surface area contributed by atoms with E-state index in [1.165, 1.54) is 0 Å². The number of rotatable bonds is 4. The van der Waals surface area contributed by atoms with Gasteiger partial charge in [-0.2, -0.15) is 11.8 Å². The maximum atomic E-state index is 4.18. The number of aromatic nitrogens is 2. The molecule has 1 heterocycles. The molecule has 0 aliphatic heterocycles. The summed E-state index contributed by atoms with van der Waals surface area (Å²) in [6.45, 7) is 5.32. The Labute approximate surface area is 103 Å². The fraction of sp³-hybridized carbons (Fsp3) is 0.556. The molecule has 0 aliphatic rings. The zero-order valence-corrected chi connectivity index (χ0v) is 11.5. The van der Waals surface area contributed by atoms with E-state index < -0.39 is 0 Å². The molecule has 5 heteroatoms. The molecule has 0 unspecified atom stereocenters. The summed E-state index contributed by atoms with van der Waals surface area (Å²) >= 11 is 4.07. The highest BCUT2D eigenvalue weighted by atomic mass is 127. The Morgan fingerprint density at radius 1 is 1.57 bits per heavy atom. The van der Waals surface area contributed by atoms with Crippen LogP contribution in [0.5, 0.6) is 0 Å². The zero-order chi connectivity index (χ0) is 10.6. The van der Waals surface area contributed by atoms with Gasteiger partial charge in [-0.25, -0.2) is 9.97 Å². The van der Waals surface area contributed by atoms with Crippen molar-refractivity contribution in [3.05, 3.63) is 16.1 Å². The zero-order valence-electron chi connectivity index (χ0n) is 8.54. The van der Waals surface area contributed by atoms with Crippen molar-refractivity contribution in [1.29, 1.82) is 0 Å². The maximum Gasteiger partial charge on any atom is 0.142 e. The van der Waals surface area contributed by atoms with Gasteiger partial charge in [-0.3, -0.25) is 0 Å². The van der Waals surface area contributed by atoms with Crippen LogP contribution < -0.4 is 5.32 Å². The molecule has 14 heavy (non-hydrogen) atoms. The smallest absolute Gasteiger partial charge is 0.142 e. The number of halogens is 1. The van der Waals surface area contributed by atoms with Crippen LogP contribution in [0.2, 0.25) is 0 Å². The number of nitrogens with zero attached hydrogens (tertiary/aromatic N) is 2. The van der Waals surface area contributed by atoms with E-state index in [0.29, 0.717) is 0 Å². The molecule has 1 aromatic rings. The quantitative estimate of drug-likeness (QED) is 0.865. The molecule has 0 saturated heterocycles. The van der Waals surface area contributed by atoms with Crippen LogP contribution in [0, 0.1) is 3.57 Å². The second kappa shape index (κ2) is 5.16. The molecule has 0 bridgehead atoms. The molecule has 0 saturated carbocycles. The molecule has 1 N–H and O–H groups in total. The summed E-state index contributed by atoms with van der Waals surface area (Å²) in [4.78, 5) is 8.12. The van der Waals surface area contributed by atoms with Crippen LogP contribution >= 0.6 is 34.4 Å². The summed E-state index contributed by atoms with van der Waals surface area (Å²) < 4.78 is 1.29. The van der Waals surface area contributed by atoms with Crippen molar-refractivity contribution in [2.45, 2.75) is 18.6 Å². The molecular weight excluding hydrogens is 309 g/mol. The molecule has 1 rings (SSSR count). The molecular formula is C9H14IN3S. The highest BCUT2D eigenvalue weighted by Gasteiger charge is 2.15. The van der Waals surface area contributed by atoms with E-state index in [-0.39, 0.29) is 4.75 Å². The monoisotopic (exact) mass is 323 g/mol. The number of hydrogen-bond donors (Lipinski definition) is 1. The number of hydrogen-bond acceptors (Lipinski definition) is 4. The molecule has 0 spiro atoms. The standard InChI is InChI=1S/C9H14IN3S/c1-9(2,14-3)5-12-8-7(10)4-11-6-13-8/h4,6H,5H2,1-3H3,(H,11,12,13). The molecule has 0 amide bonds. The van der Waals surface area contributed by atoms with Gasteiger partial charge in [-0.1, -0.05) is 0 Å². The van der Waals surface area contributed by atoms with Crippen LogP contribution in [0.1, 0.15) is 13.8 Å². The Bertz CT molecular complexity index is 304. The summed E-state index contributed by atoms with van der Waals surface area (Å²) in [6.07, 6.45) is 5.49. The number of nitrogens with one attached hydrogen (secondary N) is 1. The van der Waals surface area contributed by atoms with Gasteiger partial charge in [0.1, 0.15) is 12.1 Å². The fourth-order valence-electron chi connectivity index (χ4n) is 0.811. The van der Waals surface area contributed by atoms with E-state index in [9.17, 15) is 0 Å². The summed E-state index contributed by atoms with van der Waals surface area (Å²) in [5.74, 6) is 0.919. The average Bonchev–Trinajstić information content (AvgIpc) is 2.17. The second-order valence-electron chi connectivity index (χ2n) is 3.54. The summed E-state index contributed by atoms with van der Waals surface area (Å²) in [6, 6.07) is 0. The van der Waals surface area contributed by atoms with E-state index in [1.807, 2.05) is 18.0 Å². The molecule has 0 atom stereocenters. The van der Waals surface area contributed by atoms with Gasteiger partial charge in [0.25, 0.3) is 0 Å². The van der Waals surface area contributed by atoms with Gasteiger partial charge in [-0.15, -0.1) is 0 Å². The van der Waals surface area contributed by atoms with E-state index >= 15 is 0 Å². The first-order valence-electron chi connectivity index (χ1n) is 4.30. The van der Waals surface area contributed by atoms with Crippen molar-refractivity contribution in [2.24, 2.45) is 0 Å². The number of anilines is 1. The van der Waals surface area contributed by atoms with Crippen LogP contribution in [0.25, 0.3) is 0 Å². The van der Waals surface area contributed by atoms with Gasteiger partial charge >= 0.3 is 0 Å². The van der Waals surface area contributed by atoms with E-state index in [0.717, 1.165) is 15.9 Å². The third-order valence-corrected chi connectivity index (χ3v) is 3.94. The van der Waals surface area contributed by atoms with Crippen LogP contribution in [-0.4, -0.2) is 27.5 Å². The Morgan fingerprint density at radius 2 is 2.29 bits per heavy atom. The third kappa shape index (κ3) is 3.61. The lowest BCUT2D eigenvalue weighted by Crippen LogP contribution is -2.26. The van der Waals surface area contributed by atoms with Crippen molar-refractivity contribution in [3.8, 4) is 0 Å². The van der Waals surface area contributed by atoms with Crippen LogP contribution in [0.15, 0.2) is 12.5 Å². The molecule has 3 nitrogen and oxygen atoms in total. The Morgan fingerprint density at radius 3 is 2.86 bits per heavy atom. The first-order chi connectivity index (χ1) is 6.55. The highest BCUT2D eigenvalue weighted by Crippen LogP contribution is 2.22. The molecule has 0 radical (unpaired) electrons.